The lowest BCUT2D eigenvalue weighted by molar-refractivity contribution is -0.338. The molecule has 5 heterocycles. The first-order valence-electron chi connectivity index (χ1n) is 31.7. The van der Waals surface area contributed by atoms with Gasteiger partial charge in [0, 0.05) is 42.5 Å². The third kappa shape index (κ3) is 16.9. The predicted molar refractivity (Wildman–Crippen MR) is 320 cm³/mol. The van der Waals surface area contributed by atoms with Crippen molar-refractivity contribution in [2.45, 2.75) is 227 Å². The smallest absolute Gasteiger partial charge is 0.341 e. The number of benzene rings is 2. The highest BCUT2D eigenvalue weighted by atomic mass is 16.7. The molecule has 3 aliphatic heterocycles. The van der Waals surface area contributed by atoms with Crippen LogP contribution >= 0.6 is 0 Å². The molecule has 3 saturated heterocycles. The van der Waals surface area contributed by atoms with Crippen molar-refractivity contribution < 1.29 is 122 Å². The van der Waals surface area contributed by atoms with Crippen molar-refractivity contribution in [1.29, 1.82) is 0 Å². The first kappa shape index (κ1) is 71.5. The molecule has 24 atom stereocenters. The van der Waals surface area contributed by atoms with Crippen LogP contribution in [0.15, 0.2) is 79.1 Å². The number of carboxylic acid groups (broad SMARTS) is 1. The van der Waals surface area contributed by atoms with Gasteiger partial charge >= 0.3 is 17.2 Å². The Labute approximate surface area is 533 Å². The maximum absolute atomic E-state index is 14.5. The second-order valence-corrected chi connectivity index (χ2v) is 24.7. The van der Waals surface area contributed by atoms with Crippen LogP contribution in [0.25, 0.3) is 21.9 Å². The molecule has 5 fully saturated rings. The molecule has 2 amide bonds. The van der Waals surface area contributed by atoms with Gasteiger partial charge in [-0.15, -0.1) is 0 Å². The Morgan fingerprint density at radius 1 is 0.624 bits per heavy atom. The first-order chi connectivity index (χ1) is 44.5. The molecular formula is C64H86N2O27. The molecule has 4 aromatic rings. The summed E-state index contributed by atoms with van der Waals surface area (Å²) in [6.07, 6.45) is -29.2. The lowest BCUT2D eigenvalue weighted by Crippen LogP contribution is -2.67. The Kier molecular flexibility index (Phi) is 24.8. The molecule has 12 N–H and O–H groups in total. The Morgan fingerprint density at radius 2 is 1.19 bits per heavy atom. The second-order valence-electron chi connectivity index (χ2n) is 24.7. The molecule has 29 heteroatoms. The number of hydrogen-bond acceptors (Lipinski definition) is 26. The number of rotatable bonds is 27. The number of carbonyl (C=O) groups is 4. The number of aliphatic hydroxyl groups excluding tert-OH is 9. The van der Waals surface area contributed by atoms with E-state index in [2.05, 4.69) is 10.6 Å². The van der Waals surface area contributed by atoms with Crippen LogP contribution in [0.3, 0.4) is 0 Å². The summed E-state index contributed by atoms with van der Waals surface area (Å²) in [5, 5.41) is 116. The number of ether oxygens (including phenoxy) is 9. The topological polar surface area (TPSA) is 438 Å². The van der Waals surface area contributed by atoms with Gasteiger partial charge in [0.2, 0.25) is 11.8 Å². The number of fused-ring (bicyclic) bond motifs is 2. The maximum Gasteiger partial charge on any atom is 0.341 e. The average Bonchev–Trinajstić information content (AvgIpc) is 0.805. The van der Waals surface area contributed by atoms with Crippen LogP contribution in [0.4, 0.5) is 0 Å². The molecule has 514 valence electrons. The zero-order valence-corrected chi connectivity index (χ0v) is 51.9. The lowest BCUT2D eigenvalue weighted by atomic mass is 9.74. The van der Waals surface area contributed by atoms with Gasteiger partial charge in [0.25, 0.3) is 0 Å². The minimum absolute atomic E-state index is 0.0130. The molecule has 2 saturated carbocycles. The Bertz CT molecular complexity index is 3270. The average molecular weight is 1320 g/mol. The molecule has 29 nitrogen and oxygen atoms in total. The Hall–Kier alpha value is -5.78. The number of aliphatic carboxylic acids is 1. The maximum atomic E-state index is 14.5. The van der Waals surface area contributed by atoms with E-state index in [9.17, 15) is 79.8 Å². The van der Waals surface area contributed by atoms with E-state index in [0.29, 0.717) is 34.8 Å². The van der Waals surface area contributed by atoms with Crippen LogP contribution in [-0.2, 0) is 75.0 Å². The van der Waals surface area contributed by atoms with Gasteiger partial charge in [-0.05, 0) is 75.6 Å². The number of Topliss-reactive ketones (excluding diaryl/α,β-unsaturated/α-hetero) is 1. The Morgan fingerprint density at radius 3 is 1.80 bits per heavy atom. The summed E-state index contributed by atoms with van der Waals surface area (Å²) < 4.78 is 66.2. The molecule has 93 heavy (non-hydrogen) atoms. The lowest BCUT2D eigenvalue weighted by Gasteiger charge is -2.49. The van der Waals surface area contributed by atoms with Crippen LogP contribution in [0.5, 0.6) is 0 Å². The van der Waals surface area contributed by atoms with Crippen molar-refractivity contribution in [3.8, 4) is 0 Å². The summed E-state index contributed by atoms with van der Waals surface area (Å²) in [5.41, 5.74) is -0.642. The van der Waals surface area contributed by atoms with Crippen molar-refractivity contribution in [1.82, 2.24) is 10.6 Å². The van der Waals surface area contributed by atoms with E-state index in [1.54, 1.807) is 61.5 Å². The van der Waals surface area contributed by atoms with Gasteiger partial charge in [-0.1, -0.05) is 63.1 Å². The summed E-state index contributed by atoms with van der Waals surface area (Å²) in [5.74, 6) is -5.15. The summed E-state index contributed by atoms with van der Waals surface area (Å²) in [4.78, 5) is 80.1. The van der Waals surface area contributed by atoms with Crippen LogP contribution in [0.2, 0.25) is 0 Å². The van der Waals surface area contributed by atoms with E-state index < -0.39 is 195 Å². The van der Waals surface area contributed by atoms with Crippen LogP contribution in [0.1, 0.15) is 96.6 Å². The second kappa shape index (κ2) is 32.3. The molecule has 2 aliphatic carbocycles. The number of aliphatic hydroxyl groups is 9. The normalized spacial score (nSPS) is 35.3. The summed E-state index contributed by atoms with van der Waals surface area (Å²) in [6, 6.07) is 15.2. The van der Waals surface area contributed by atoms with Gasteiger partial charge in [-0.3, -0.25) is 14.4 Å². The number of para-hydroxylation sites is 2. The Balaban J connectivity index is 0.903. The monoisotopic (exact) mass is 1310 g/mol. The third-order valence-electron chi connectivity index (χ3n) is 18.2. The molecule has 10 unspecified atom stereocenters. The highest BCUT2D eigenvalue weighted by Gasteiger charge is 2.54. The number of hydrogen-bond donors (Lipinski definition) is 12. The van der Waals surface area contributed by atoms with E-state index in [-0.39, 0.29) is 75.0 Å². The van der Waals surface area contributed by atoms with E-state index >= 15 is 0 Å². The van der Waals surface area contributed by atoms with Gasteiger partial charge in [0.1, 0.15) is 90.1 Å². The molecule has 9 rings (SSSR count). The third-order valence-corrected chi connectivity index (χ3v) is 18.2. The van der Waals surface area contributed by atoms with Crippen molar-refractivity contribution in [2.24, 2.45) is 17.8 Å². The number of amides is 2. The summed E-state index contributed by atoms with van der Waals surface area (Å²) >= 11 is 0. The molecule has 2 aromatic heterocycles. The van der Waals surface area contributed by atoms with Crippen molar-refractivity contribution in [2.75, 3.05) is 19.8 Å². The van der Waals surface area contributed by atoms with E-state index in [0.717, 1.165) is 6.92 Å². The fourth-order valence-electron chi connectivity index (χ4n) is 13.0. The minimum atomic E-state index is -1.82. The van der Waals surface area contributed by atoms with Gasteiger partial charge in [0.05, 0.1) is 68.1 Å². The van der Waals surface area contributed by atoms with Crippen LogP contribution in [-0.4, -0.2) is 223 Å². The minimum Gasteiger partial charge on any atom is -0.479 e. The zero-order valence-electron chi connectivity index (χ0n) is 51.9. The fourth-order valence-corrected chi connectivity index (χ4v) is 13.0. The molecule has 0 radical (unpaired) electrons. The standard InChI is InChI=1S/C64H86N2O27/c1-5-12-41(59(79)80)86-56-47(66-30(4)69)62(91-45(25-67)50(56)73)90-44-22-34(19-31(6-2)55(44)93-63-53(76)52(75)48(71)29(3)85-63)38(70)15-11-18-65-58(78)35-23-42(83-27-36-20-32-13-7-9-16-39(32)87-60(36)81)49(72)43(24-35)89-64-54(77)57(51(74)46(26-68)92-64)84-28-37-21-33-14-8-10-17-40(33)88-61(37)82/h7-10,13-14,16-17,20-21,29,31,34-35,41-57,62-64,67-68,71-77H,5-6,11-12,15,18-19,22-28H2,1-4H3,(H,65,78)(H,66,69)(H,79,80)/t29?,31-,34?,35+,41+,42?,43-,44-,45+,46?,47?,48-,49?,50+,51+,52+,53?,54?,55?,56?,57-,62-,63+,64-/m1/s1. The zero-order chi connectivity index (χ0) is 66.9. The highest BCUT2D eigenvalue weighted by Crippen LogP contribution is 2.41. The number of ketones is 1. The summed E-state index contributed by atoms with van der Waals surface area (Å²) in [7, 11) is 0. The van der Waals surface area contributed by atoms with E-state index in [1.807, 2.05) is 6.92 Å². The predicted octanol–water partition coefficient (Wildman–Crippen LogP) is -0.314. The molecule has 0 spiro atoms. The molecule has 5 aliphatic rings. The SMILES string of the molecule is CCC[C@H](OC1C(NC(C)=O)[C@H](O[C@@H]2CC(C(=O)CCCNC(=O)[C@H]3CC(OCc4cc5ccccc5oc4=O)C(O)[C@H](O[C@@H]4OC(CO)[C@H](O)[C@@H](OCc5cc6ccccc6oc5=O)C4O)C3)C[C@@H](CC)C2O[C@@H]2OC(C)[C@@H](O)[C@H](O)C2O)O[C@@H](CO)[C@@H]1O)C(=O)O. The fraction of sp³-hybridized carbons (Fsp3) is 0.656. The van der Waals surface area contributed by atoms with Gasteiger partial charge in [0.15, 0.2) is 25.0 Å². The largest absolute Gasteiger partial charge is 0.479 e. The molecular weight excluding hydrogens is 1230 g/mol. The number of carbonyl (C=O) groups excluding carboxylic acids is 3. The van der Waals surface area contributed by atoms with Gasteiger partial charge in [-0.2, -0.15) is 0 Å². The number of nitrogens with one attached hydrogen (secondary N) is 2. The first-order valence-corrected chi connectivity index (χ1v) is 31.7. The van der Waals surface area contributed by atoms with Crippen molar-refractivity contribution in [3.05, 3.63) is 92.6 Å². The summed E-state index contributed by atoms with van der Waals surface area (Å²) in [6.45, 7) is 3.70. The highest BCUT2D eigenvalue weighted by molar-refractivity contribution is 5.82. The molecule has 0 bridgehead atoms. The van der Waals surface area contributed by atoms with Crippen LogP contribution in [0, 0.1) is 17.8 Å². The molecule has 2 aromatic carbocycles. The van der Waals surface area contributed by atoms with Crippen molar-refractivity contribution in [3.63, 3.8) is 0 Å². The van der Waals surface area contributed by atoms with Crippen LogP contribution < -0.4 is 21.9 Å². The van der Waals surface area contributed by atoms with Crippen molar-refractivity contribution >= 4 is 45.5 Å². The van der Waals surface area contributed by atoms with E-state index in [1.165, 1.54) is 13.0 Å². The quantitative estimate of drug-likeness (QED) is 0.0269. The van der Waals surface area contributed by atoms with E-state index in [4.69, 9.17) is 51.5 Å². The van der Waals surface area contributed by atoms with Gasteiger partial charge < -0.3 is 113 Å². The number of carboxylic acids is 1. The van der Waals surface area contributed by atoms with Gasteiger partial charge in [-0.25, -0.2) is 14.4 Å².